The largest absolute Gasteiger partial charge is 0.370 e. The zero-order chi connectivity index (χ0) is 20.1. The molecule has 0 radical (unpaired) electrons. The minimum absolute atomic E-state index is 0.120. The number of nitrogens with one attached hydrogen (secondary N) is 2. The monoisotopic (exact) mass is 402 g/mol. The Morgan fingerprint density at radius 3 is 2.72 bits per heavy atom. The molecule has 1 fully saturated rings. The molecule has 6 heteroatoms. The van der Waals surface area contributed by atoms with E-state index < -0.39 is 0 Å². The maximum Gasteiger partial charge on any atom is 0.265 e. The summed E-state index contributed by atoms with van der Waals surface area (Å²) >= 11 is 1.38. The zero-order valence-electron chi connectivity index (χ0n) is 16.2. The molecule has 4 rings (SSSR count). The van der Waals surface area contributed by atoms with Crippen molar-refractivity contribution in [2.75, 3.05) is 30.4 Å². The minimum atomic E-state index is -0.120. The van der Waals surface area contributed by atoms with Crippen molar-refractivity contribution in [3.05, 3.63) is 76.2 Å². The first-order valence-corrected chi connectivity index (χ1v) is 10.4. The summed E-state index contributed by atoms with van der Waals surface area (Å²) in [5.74, 6) is 5.95. The summed E-state index contributed by atoms with van der Waals surface area (Å²) in [6.07, 6.45) is 2.87. The third-order valence-electron chi connectivity index (χ3n) is 4.90. The number of carbonyl (C=O) groups is 1. The fourth-order valence-electron chi connectivity index (χ4n) is 3.27. The predicted molar refractivity (Wildman–Crippen MR) is 119 cm³/mol. The van der Waals surface area contributed by atoms with Crippen molar-refractivity contribution in [1.82, 2.24) is 10.3 Å². The highest BCUT2D eigenvalue weighted by molar-refractivity contribution is 7.14. The van der Waals surface area contributed by atoms with Crippen LogP contribution in [0.2, 0.25) is 0 Å². The van der Waals surface area contributed by atoms with Gasteiger partial charge in [0.15, 0.2) is 0 Å². The molecule has 1 aromatic carbocycles. The second-order valence-electron chi connectivity index (χ2n) is 6.85. The van der Waals surface area contributed by atoms with E-state index in [2.05, 4.69) is 44.5 Å². The quantitative estimate of drug-likeness (QED) is 0.655. The van der Waals surface area contributed by atoms with Crippen LogP contribution in [0.3, 0.4) is 0 Å². The van der Waals surface area contributed by atoms with Gasteiger partial charge in [0.1, 0.15) is 5.69 Å². The lowest BCUT2D eigenvalue weighted by Crippen LogP contribution is -2.29. The number of nitrogens with zero attached hydrogens (tertiary/aromatic N) is 2. The Labute approximate surface area is 174 Å². The fraction of sp³-hybridized carbons (Fsp3) is 0.217. The van der Waals surface area contributed by atoms with Crippen LogP contribution in [0.15, 0.2) is 60.8 Å². The number of rotatable bonds is 4. The number of hydrogen-bond acceptors (Lipinski definition) is 5. The maximum absolute atomic E-state index is 12.5. The summed E-state index contributed by atoms with van der Waals surface area (Å²) < 4.78 is 0. The van der Waals surface area contributed by atoms with Crippen LogP contribution in [-0.4, -0.2) is 37.1 Å². The maximum atomic E-state index is 12.5. The molecular weight excluding hydrogens is 380 g/mol. The number of thiophene rings is 1. The van der Waals surface area contributed by atoms with Crippen molar-refractivity contribution in [1.29, 1.82) is 0 Å². The molecule has 1 saturated heterocycles. The van der Waals surface area contributed by atoms with E-state index in [0.29, 0.717) is 16.6 Å². The highest BCUT2D eigenvalue weighted by atomic mass is 32.1. The van der Waals surface area contributed by atoms with Gasteiger partial charge in [-0.1, -0.05) is 6.07 Å². The van der Waals surface area contributed by atoms with Crippen molar-refractivity contribution in [2.45, 2.75) is 12.5 Å². The minimum Gasteiger partial charge on any atom is -0.370 e. The molecule has 1 aliphatic heterocycles. The number of likely N-dealkylation sites (N-methyl/N-ethyl adjacent to an activating group) is 1. The average Bonchev–Trinajstić information content (AvgIpc) is 3.43. The number of aromatic nitrogens is 1. The molecule has 5 nitrogen and oxygen atoms in total. The van der Waals surface area contributed by atoms with E-state index >= 15 is 0 Å². The first-order valence-electron chi connectivity index (χ1n) is 9.58. The van der Waals surface area contributed by atoms with E-state index in [1.54, 1.807) is 12.3 Å². The van der Waals surface area contributed by atoms with Crippen molar-refractivity contribution in [2.24, 2.45) is 0 Å². The molecule has 1 amide bonds. The Kier molecular flexibility index (Phi) is 5.89. The second-order valence-corrected chi connectivity index (χ2v) is 7.93. The lowest BCUT2D eigenvalue weighted by molar-refractivity contribution is 0.103. The molecular formula is C23H22N4OS. The van der Waals surface area contributed by atoms with Crippen LogP contribution in [0, 0.1) is 11.8 Å². The average molecular weight is 403 g/mol. The number of pyridine rings is 1. The summed E-state index contributed by atoms with van der Waals surface area (Å²) in [5.41, 5.74) is 2.69. The van der Waals surface area contributed by atoms with Crippen LogP contribution in [0.25, 0.3) is 0 Å². The molecule has 3 aromatic rings. The van der Waals surface area contributed by atoms with Crippen LogP contribution < -0.4 is 15.5 Å². The number of benzene rings is 1. The van der Waals surface area contributed by atoms with Crippen molar-refractivity contribution >= 4 is 28.6 Å². The molecule has 0 bridgehead atoms. The fourth-order valence-corrected chi connectivity index (χ4v) is 4.02. The highest BCUT2D eigenvalue weighted by Crippen LogP contribution is 2.23. The highest BCUT2D eigenvalue weighted by Gasteiger charge is 2.21. The normalized spacial score (nSPS) is 15.6. The van der Waals surface area contributed by atoms with Gasteiger partial charge in [0, 0.05) is 36.7 Å². The van der Waals surface area contributed by atoms with Crippen LogP contribution >= 0.6 is 11.3 Å². The van der Waals surface area contributed by atoms with Crippen LogP contribution in [0.4, 0.5) is 11.4 Å². The first-order chi connectivity index (χ1) is 14.2. The van der Waals surface area contributed by atoms with E-state index in [4.69, 9.17) is 0 Å². The summed E-state index contributed by atoms with van der Waals surface area (Å²) in [5, 5.41) is 6.29. The van der Waals surface area contributed by atoms with Gasteiger partial charge in [-0.25, -0.2) is 4.98 Å². The number of carbonyl (C=O) groups excluding carboxylic acids is 1. The standard InChI is InChI=1S/C23H22N4OS/c1-24-19-13-15-27(16-19)20-8-5-18(6-9-20)26-23(28)22-12-11-21(29-22)10-7-17-4-2-3-14-25-17/h2-6,8-9,11-12,14,19,24H,13,15-16H2,1H3,(H,26,28). The van der Waals surface area contributed by atoms with Crippen LogP contribution in [-0.2, 0) is 0 Å². The molecule has 0 spiro atoms. The molecule has 29 heavy (non-hydrogen) atoms. The molecule has 2 aromatic heterocycles. The number of amides is 1. The number of anilines is 2. The molecule has 0 saturated carbocycles. The van der Waals surface area contributed by atoms with Gasteiger partial charge >= 0.3 is 0 Å². The lowest BCUT2D eigenvalue weighted by atomic mass is 10.2. The van der Waals surface area contributed by atoms with Crippen LogP contribution in [0.1, 0.15) is 26.7 Å². The van der Waals surface area contributed by atoms with Gasteiger partial charge < -0.3 is 15.5 Å². The summed E-state index contributed by atoms with van der Waals surface area (Å²) in [4.78, 5) is 20.6. The molecule has 1 unspecified atom stereocenters. The third kappa shape index (κ3) is 4.83. The zero-order valence-corrected chi connectivity index (χ0v) is 17.0. The molecule has 0 aliphatic carbocycles. The Bertz CT molecular complexity index is 1030. The van der Waals surface area contributed by atoms with E-state index in [0.717, 1.165) is 30.1 Å². The Hall–Kier alpha value is -3.14. The Balaban J connectivity index is 1.37. The van der Waals surface area contributed by atoms with Gasteiger partial charge in [-0.3, -0.25) is 4.79 Å². The molecule has 1 aliphatic rings. The van der Waals surface area contributed by atoms with Gasteiger partial charge in [-0.05, 0) is 73.8 Å². The summed E-state index contributed by atoms with van der Waals surface area (Å²) in [7, 11) is 2.01. The van der Waals surface area contributed by atoms with E-state index in [1.165, 1.54) is 17.0 Å². The van der Waals surface area contributed by atoms with Gasteiger partial charge in [0.2, 0.25) is 0 Å². The lowest BCUT2D eigenvalue weighted by Gasteiger charge is -2.19. The smallest absolute Gasteiger partial charge is 0.265 e. The molecule has 2 N–H and O–H groups in total. The predicted octanol–water partition coefficient (Wildman–Crippen LogP) is 3.59. The van der Waals surface area contributed by atoms with Crippen molar-refractivity contribution in [3.63, 3.8) is 0 Å². The Morgan fingerprint density at radius 2 is 2.00 bits per heavy atom. The second kappa shape index (κ2) is 8.91. The molecule has 1 atom stereocenters. The third-order valence-corrected chi connectivity index (χ3v) is 5.89. The summed E-state index contributed by atoms with van der Waals surface area (Å²) in [6.45, 7) is 2.06. The van der Waals surface area contributed by atoms with E-state index in [-0.39, 0.29) is 5.91 Å². The molecule has 3 heterocycles. The van der Waals surface area contributed by atoms with Gasteiger partial charge in [0.05, 0.1) is 9.75 Å². The van der Waals surface area contributed by atoms with Crippen molar-refractivity contribution in [3.8, 4) is 11.8 Å². The van der Waals surface area contributed by atoms with E-state index in [1.807, 2.05) is 43.4 Å². The topological polar surface area (TPSA) is 57.3 Å². The number of hydrogen-bond donors (Lipinski definition) is 2. The van der Waals surface area contributed by atoms with Gasteiger partial charge in [0.25, 0.3) is 5.91 Å². The van der Waals surface area contributed by atoms with Crippen molar-refractivity contribution < 1.29 is 4.79 Å². The van der Waals surface area contributed by atoms with Crippen LogP contribution in [0.5, 0.6) is 0 Å². The molecule has 146 valence electrons. The van der Waals surface area contributed by atoms with Gasteiger partial charge in [-0.2, -0.15) is 0 Å². The van der Waals surface area contributed by atoms with E-state index in [9.17, 15) is 4.79 Å². The Morgan fingerprint density at radius 1 is 1.14 bits per heavy atom. The summed E-state index contributed by atoms with van der Waals surface area (Å²) in [6, 6.07) is 17.9. The first kappa shape index (κ1) is 19.2. The van der Waals surface area contributed by atoms with Gasteiger partial charge in [-0.15, -0.1) is 11.3 Å². The SMILES string of the molecule is CNC1CCN(c2ccc(NC(=O)c3ccc(C#Cc4ccccn4)s3)cc2)C1.